The zero-order chi connectivity index (χ0) is 47.0. The van der Waals surface area contributed by atoms with Crippen molar-refractivity contribution in [1.29, 1.82) is 0 Å². The molecule has 4 heterocycles. The van der Waals surface area contributed by atoms with E-state index in [9.17, 15) is 24.3 Å². The Morgan fingerprint density at radius 2 is 1.40 bits per heavy atom. The molecule has 3 amide bonds. The van der Waals surface area contributed by atoms with E-state index in [4.69, 9.17) is 46.4 Å². The van der Waals surface area contributed by atoms with Crippen LogP contribution in [0.25, 0.3) is 12.2 Å². The summed E-state index contributed by atoms with van der Waals surface area (Å²) >= 11 is 25.0. The van der Waals surface area contributed by atoms with Crippen LogP contribution in [0.2, 0.25) is 20.1 Å². The van der Waals surface area contributed by atoms with Crippen LogP contribution in [0.5, 0.6) is 0 Å². The maximum Gasteiger partial charge on any atom is 0.270 e. The number of carbonyl (C=O) groups is 4. The first kappa shape index (κ1) is 47.8. The normalized spacial score (nSPS) is 17.5. The standard InChI is InChI=1S/C50H48Cl4N8O5/c51-40-12-10-32(18-42(40)53)16-36-25-62(26-37(48(36)65)17-33-11-13-41(52)43(54)19-33)50(67)45(20-31-6-2-1-3-7-31)55-23-47(64)61-27-38(28-61)59-46-21-44(57-30-58-46)49(66)56-22-39(63)29-60-15-14-34-8-4-5-9-35(34)24-60/h1-13,16-19,21,30,38-39,45,55,63H,14-15,20,22-29H2,(H,56,66)(H,57,58,59)/b36-16+,37-17+/t39-,45?/m0/s1. The zero-order valence-electron chi connectivity index (χ0n) is 36.3. The van der Waals surface area contributed by atoms with Crippen molar-refractivity contribution in [3.63, 3.8) is 0 Å². The lowest BCUT2D eigenvalue weighted by molar-refractivity contribution is -0.135. The molecule has 4 aromatic carbocycles. The molecule has 0 spiro atoms. The monoisotopic (exact) mass is 980 g/mol. The Balaban J connectivity index is 0.879. The van der Waals surface area contributed by atoms with Gasteiger partial charge in [0.05, 0.1) is 44.8 Å². The quantitative estimate of drug-likeness (QED) is 0.0839. The molecule has 2 saturated heterocycles. The van der Waals surface area contributed by atoms with Crippen LogP contribution in [0.15, 0.2) is 115 Å². The van der Waals surface area contributed by atoms with Crippen molar-refractivity contribution >= 4 is 87.9 Å². The predicted octanol–water partition coefficient (Wildman–Crippen LogP) is 6.64. The number of likely N-dealkylation sites (tertiary alicyclic amines) is 2. The van der Waals surface area contributed by atoms with Crippen molar-refractivity contribution in [1.82, 2.24) is 35.3 Å². The lowest BCUT2D eigenvalue weighted by atomic mass is 9.93. The second-order valence-electron chi connectivity index (χ2n) is 16.9. The molecule has 346 valence electrons. The number of anilines is 1. The van der Waals surface area contributed by atoms with E-state index in [0.29, 0.717) is 67.8 Å². The molecule has 0 saturated carbocycles. The first-order valence-electron chi connectivity index (χ1n) is 21.9. The van der Waals surface area contributed by atoms with E-state index in [1.54, 1.807) is 64.4 Å². The lowest BCUT2D eigenvalue weighted by Gasteiger charge is -2.40. The molecular formula is C50H48Cl4N8O5. The number of β-amino-alcohol motifs (C(OH)–C–C–N with tert-alkyl or cyclic N) is 1. The summed E-state index contributed by atoms with van der Waals surface area (Å²) in [6, 6.07) is 28.5. The Kier molecular flexibility index (Phi) is 15.7. The summed E-state index contributed by atoms with van der Waals surface area (Å²) in [6.45, 7) is 2.76. The molecule has 0 aliphatic carbocycles. The second-order valence-corrected chi connectivity index (χ2v) is 18.5. The van der Waals surface area contributed by atoms with Gasteiger partial charge in [-0.1, -0.05) is 113 Å². The van der Waals surface area contributed by atoms with E-state index >= 15 is 0 Å². The molecule has 0 bridgehead atoms. The number of carbonyl (C=O) groups excluding carboxylic acids is 4. The predicted molar refractivity (Wildman–Crippen MR) is 262 cm³/mol. The van der Waals surface area contributed by atoms with Crippen molar-refractivity contribution in [2.24, 2.45) is 0 Å². The van der Waals surface area contributed by atoms with Crippen molar-refractivity contribution in [2.45, 2.75) is 37.6 Å². The van der Waals surface area contributed by atoms with Crippen molar-refractivity contribution in [3.8, 4) is 0 Å². The number of piperidine rings is 1. The first-order valence-corrected chi connectivity index (χ1v) is 23.4. The van der Waals surface area contributed by atoms with E-state index < -0.39 is 18.1 Å². The summed E-state index contributed by atoms with van der Waals surface area (Å²) in [5.74, 6) is -0.737. The van der Waals surface area contributed by atoms with Gasteiger partial charge in [-0.25, -0.2) is 9.97 Å². The minimum Gasteiger partial charge on any atom is -0.390 e. The van der Waals surface area contributed by atoms with Gasteiger partial charge in [-0.2, -0.15) is 0 Å². The number of Topliss-reactive ketones (excluding diaryl/α,β-unsaturated/α-hetero) is 1. The third-order valence-corrected chi connectivity index (χ3v) is 13.4. The molecule has 17 heteroatoms. The van der Waals surface area contributed by atoms with Gasteiger partial charge >= 0.3 is 0 Å². The number of amides is 3. The summed E-state index contributed by atoms with van der Waals surface area (Å²) in [7, 11) is 0. The van der Waals surface area contributed by atoms with Gasteiger partial charge in [0.15, 0.2) is 5.78 Å². The van der Waals surface area contributed by atoms with Crippen molar-refractivity contribution < 1.29 is 24.3 Å². The van der Waals surface area contributed by atoms with Crippen LogP contribution in [0.4, 0.5) is 5.82 Å². The van der Waals surface area contributed by atoms with Crippen LogP contribution >= 0.6 is 46.4 Å². The van der Waals surface area contributed by atoms with Crippen LogP contribution in [0.3, 0.4) is 0 Å². The average Bonchev–Trinajstić information content (AvgIpc) is 3.31. The number of fused-ring (bicyclic) bond motifs is 1. The van der Waals surface area contributed by atoms with E-state index in [1.165, 1.54) is 17.5 Å². The van der Waals surface area contributed by atoms with E-state index in [1.807, 2.05) is 42.5 Å². The lowest BCUT2D eigenvalue weighted by Crippen LogP contribution is -2.60. The number of halogens is 4. The Labute approximate surface area is 408 Å². The highest BCUT2D eigenvalue weighted by atomic mass is 35.5. The molecule has 5 aromatic rings. The van der Waals surface area contributed by atoms with Gasteiger partial charge in [0.25, 0.3) is 5.91 Å². The number of ketones is 1. The smallest absolute Gasteiger partial charge is 0.270 e. The number of hydrogen-bond donors (Lipinski definition) is 4. The van der Waals surface area contributed by atoms with Gasteiger partial charge in [-0.05, 0) is 77.1 Å². The molecule has 3 aliphatic rings. The number of hydrogen-bond acceptors (Lipinski definition) is 10. The number of nitrogens with one attached hydrogen (secondary N) is 3. The summed E-state index contributed by atoms with van der Waals surface area (Å²) < 4.78 is 0. The van der Waals surface area contributed by atoms with Gasteiger partial charge in [0, 0.05) is 69.6 Å². The van der Waals surface area contributed by atoms with Crippen LogP contribution in [0.1, 0.15) is 38.3 Å². The third kappa shape index (κ3) is 12.5. The number of rotatable bonds is 15. The molecule has 13 nitrogen and oxygen atoms in total. The fourth-order valence-electron chi connectivity index (χ4n) is 8.36. The number of aliphatic hydroxyl groups is 1. The fourth-order valence-corrected chi connectivity index (χ4v) is 8.97. The molecule has 4 N–H and O–H groups in total. The summed E-state index contributed by atoms with van der Waals surface area (Å²) in [6.07, 6.45) is 5.15. The molecule has 0 radical (unpaired) electrons. The minimum absolute atomic E-state index is 0.0138. The van der Waals surface area contributed by atoms with E-state index in [0.717, 1.165) is 25.1 Å². The molecule has 1 aromatic heterocycles. The van der Waals surface area contributed by atoms with Gasteiger partial charge in [-0.3, -0.25) is 29.4 Å². The molecule has 8 rings (SSSR count). The van der Waals surface area contributed by atoms with Crippen LogP contribution in [-0.4, -0.2) is 124 Å². The summed E-state index contributed by atoms with van der Waals surface area (Å²) in [5, 5.41) is 21.4. The SMILES string of the molecule is O=C1/C(=C/c2ccc(Cl)c(Cl)c2)CN(C(=O)C(Cc2ccccc2)NCC(=O)N2CC(Nc3cc(C(=O)NC[C@H](O)CN4CCc5ccccc5C4)ncn3)C2)C/C1=C\c1ccc(Cl)c(Cl)c1. The maximum absolute atomic E-state index is 14.6. The molecular weight excluding hydrogens is 934 g/mol. The largest absolute Gasteiger partial charge is 0.390 e. The van der Waals surface area contributed by atoms with Gasteiger partial charge in [-0.15, -0.1) is 0 Å². The molecule has 2 atom stereocenters. The van der Waals surface area contributed by atoms with Crippen LogP contribution < -0.4 is 16.0 Å². The third-order valence-electron chi connectivity index (χ3n) is 11.9. The fraction of sp³-hybridized carbons (Fsp3) is 0.280. The summed E-state index contributed by atoms with van der Waals surface area (Å²) in [4.78, 5) is 69.1. The molecule has 1 unspecified atom stereocenters. The van der Waals surface area contributed by atoms with Crippen LogP contribution in [-0.2, 0) is 33.8 Å². The highest BCUT2D eigenvalue weighted by Gasteiger charge is 2.35. The van der Waals surface area contributed by atoms with Gasteiger partial charge < -0.3 is 25.5 Å². The highest BCUT2D eigenvalue weighted by Crippen LogP contribution is 2.29. The minimum atomic E-state index is -0.818. The molecule has 2 fully saturated rings. The number of aliphatic hydroxyl groups excluding tert-OH is 1. The van der Waals surface area contributed by atoms with Crippen molar-refractivity contribution in [2.75, 3.05) is 57.7 Å². The number of nitrogens with zero attached hydrogens (tertiary/aromatic N) is 5. The number of aromatic nitrogens is 2. The Morgan fingerprint density at radius 3 is 2.06 bits per heavy atom. The topological polar surface area (TPSA) is 160 Å². The Hall–Kier alpha value is -5.64. The van der Waals surface area contributed by atoms with E-state index in [-0.39, 0.29) is 61.9 Å². The second kappa shape index (κ2) is 22.0. The first-order chi connectivity index (χ1) is 32.3. The Morgan fingerprint density at radius 1 is 0.761 bits per heavy atom. The molecule has 67 heavy (non-hydrogen) atoms. The average molecular weight is 983 g/mol. The zero-order valence-corrected chi connectivity index (χ0v) is 39.3. The van der Waals surface area contributed by atoms with Crippen molar-refractivity contribution in [3.05, 3.63) is 168 Å². The van der Waals surface area contributed by atoms with Gasteiger partial charge in [0.2, 0.25) is 11.8 Å². The molecule has 3 aliphatic heterocycles. The highest BCUT2D eigenvalue weighted by molar-refractivity contribution is 6.42. The van der Waals surface area contributed by atoms with Crippen LogP contribution in [0, 0.1) is 0 Å². The number of benzene rings is 4. The van der Waals surface area contributed by atoms with E-state index in [2.05, 4.69) is 43.0 Å². The maximum atomic E-state index is 14.6. The Bertz CT molecular complexity index is 2640. The summed E-state index contributed by atoms with van der Waals surface area (Å²) in [5.41, 5.74) is 5.63. The van der Waals surface area contributed by atoms with Gasteiger partial charge in [0.1, 0.15) is 17.8 Å².